The molecule has 0 saturated carbocycles. The van der Waals surface area contributed by atoms with Crippen LogP contribution in [-0.2, 0) is 22.5 Å². The summed E-state index contributed by atoms with van der Waals surface area (Å²) in [6.45, 7) is 10.4. The van der Waals surface area contributed by atoms with Crippen LogP contribution in [0.15, 0.2) is 114 Å². The third-order valence-electron chi connectivity index (χ3n) is 9.33. The van der Waals surface area contributed by atoms with E-state index in [1.54, 1.807) is 37.1 Å². The molecule has 6 aromatic rings. The number of pyridine rings is 1. The molecule has 2 saturated heterocycles. The van der Waals surface area contributed by atoms with E-state index >= 15 is 0 Å². The zero-order valence-corrected chi connectivity index (χ0v) is 34.3. The number of hydrogen-bond donors (Lipinski definition) is 2. The maximum Gasteiger partial charge on any atom is 0.320 e. The first-order valence-corrected chi connectivity index (χ1v) is 20.1. The molecular weight excluding hydrogens is 775 g/mol. The van der Waals surface area contributed by atoms with Gasteiger partial charge in [0.1, 0.15) is 11.6 Å². The van der Waals surface area contributed by atoms with Crippen molar-refractivity contribution in [3.63, 3.8) is 0 Å². The van der Waals surface area contributed by atoms with E-state index in [9.17, 15) is 0 Å². The molecule has 0 radical (unpaired) electrons. The molecule has 6 heterocycles. The highest BCUT2D eigenvalue weighted by molar-refractivity contribution is 5.82. The van der Waals surface area contributed by atoms with Crippen LogP contribution in [0.5, 0.6) is 12.0 Å². The van der Waals surface area contributed by atoms with Crippen LogP contribution in [-0.4, -0.2) is 107 Å². The monoisotopic (exact) mass is 823 g/mol. The highest BCUT2D eigenvalue weighted by Crippen LogP contribution is 2.22. The smallest absolute Gasteiger partial charge is 0.320 e. The van der Waals surface area contributed by atoms with Crippen molar-refractivity contribution in [2.75, 3.05) is 79.9 Å². The van der Waals surface area contributed by atoms with Gasteiger partial charge in [-0.3, -0.25) is 15.8 Å². The van der Waals surface area contributed by atoms with Crippen molar-refractivity contribution in [2.45, 2.75) is 26.9 Å². The van der Waals surface area contributed by atoms with Gasteiger partial charge in [0.2, 0.25) is 0 Å². The number of nitrogens with zero attached hydrogens (tertiary/aromatic N) is 11. The van der Waals surface area contributed by atoms with Crippen LogP contribution in [0.4, 0.5) is 23.3 Å². The molecule has 0 unspecified atom stereocenters. The van der Waals surface area contributed by atoms with Gasteiger partial charge in [0, 0.05) is 69.0 Å². The maximum absolute atomic E-state index is 5.85. The van der Waals surface area contributed by atoms with E-state index < -0.39 is 0 Å². The zero-order valence-electron chi connectivity index (χ0n) is 34.3. The number of rotatable bonds is 15. The van der Waals surface area contributed by atoms with Crippen molar-refractivity contribution in [1.82, 2.24) is 34.9 Å². The lowest BCUT2D eigenvalue weighted by Gasteiger charge is -2.28. The summed E-state index contributed by atoms with van der Waals surface area (Å²) in [6, 6.07) is 28.0. The lowest BCUT2D eigenvalue weighted by Crippen LogP contribution is -2.36. The molecule has 2 aliphatic rings. The molecule has 0 atom stereocenters. The Hall–Kier alpha value is -7.11. The minimum atomic E-state index is 0.180. The van der Waals surface area contributed by atoms with Gasteiger partial charge in [0.15, 0.2) is 24.1 Å². The van der Waals surface area contributed by atoms with Crippen LogP contribution in [0.25, 0.3) is 0 Å². The number of ether oxygens (including phenoxy) is 4. The number of aryl methyl sites for hydroxylation is 2. The minimum absolute atomic E-state index is 0.180. The Kier molecular flexibility index (Phi) is 15.4. The van der Waals surface area contributed by atoms with Crippen molar-refractivity contribution in [1.29, 1.82) is 0 Å². The van der Waals surface area contributed by atoms with E-state index in [0.29, 0.717) is 62.9 Å². The third-order valence-corrected chi connectivity index (χ3v) is 9.33. The summed E-state index contributed by atoms with van der Waals surface area (Å²) in [5, 5.41) is 8.66. The first-order chi connectivity index (χ1) is 30.0. The molecule has 2 aromatic carbocycles. The van der Waals surface area contributed by atoms with Gasteiger partial charge in [-0.1, -0.05) is 60.2 Å². The topological polar surface area (TPSA) is 182 Å². The van der Waals surface area contributed by atoms with Crippen LogP contribution in [0, 0.1) is 13.8 Å². The van der Waals surface area contributed by atoms with Gasteiger partial charge in [-0.05, 0) is 48.7 Å². The number of benzene rings is 2. The molecule has 0 spiro atoms. The van der Waals surface area contributed by atoms with Crippen molar-refractivity contribution in [2.24, 2.45) is 10.2 Å². The Labute approximate surface area is 355 Å². The number of hydrogen-bond acceptors (Lipinski definition) is 17. The Morgan fingerprint density at radius 3 is 1.90 bits per heavy atom. The van der Waals surface area contributed by atoms with Crippen molar-refractivity contribution < 1.29 is 18.9 Å². The second-order valence-corrected chi connectivity index (χ2v) is 13.9. The number of nitrogens with one attached hydrogen (secondary N) is 2. The van der Waals surface area contributed by atoms with E-state index in [4.69, 9.17) is 18.9 Å². The van der Waals surface area contributed by atoms with Gasteiger partial charge < -0.3 is 28.7 Å². The largest absolute Gasteiger partial charge is 0.463 e. The number of aromatic nitrogens is 7. The predicted molar refractivity (Wildman–Crippen MR) is 235 cm³/mol. The molecule has 0 amide bonds. The van der Waals surface area contributed by atoms with Crippen LogP contribution < -0.4 is 30.1 Å². The highest BCUT2D eigenvalue weighted by Gasteiger charge is 2.17. The predicted octanol–water partition coefficient (Wildman–Crippen LogP) is 5.52. The fourth-order valence-electron chi connectivity index (χ4n) is 6.13. The van der Waals surface area contributed by atoms with E-state index in [0.717, 1.165) is 60.2 Å². The molecule has 0 aliphatic carbocycles. The Bertz CT molecular complexity index is 2320. The molecule has 17 heteroatoms. The summed E-state index contributed by atoms with van der Waals surface area (Å²) in [6.07, 6.45) is 9.34. The summed E-state index contributed by atoms with van der Waals surface area (Å²) in [5.74, 6) is 3.23. The van der Waals surface area contributed by atoms with Crippen molar-refractivity contribution in [3.05, 3.63) is 137 Å². The minimum Gasteiger partial charge on any atom is -0.463 e. The average molecular weight is 824 g/mol. The highest BCUT2D eigenvalue weighted by atomic mass is 16.5. The fraction of sp³-hybridized carbons (Fsp3) is 0.295. The Morgan fingerprint density at radius 1 is 0.639 bits per heavy atom. The molecule has 61 heavy (non-hydrogen) atoms. The van der Waals surface area contributed by atoms with Gasteiger partial charge in [0.05, 0.1) is 45.5 Å². The standard InChI is InChI=1S/C23H26N6O2.C21H23N7O2/c1-18-6-2-3-7-19(18)17-25-28-21-16-22(29-11-14-30-15-12-29)27-23(26-21)31-13-9-20-8-4-5-10-24-20;1-16-4-2-5-17(12-16)14-24-27-18-13-20(28-8-10-29-11-9-28)26-21(25-18)30-15-19-22-6-3-7-23-19/h2-8,10,16-17H,9,11-15H2,1H3,(H,26,27,28);2-7,12-14H,8-11,15H2,1H3,(H,25,26,27)/b25-17+;24-14+. The summed E-state index contributed by atoms with van der Waals surface area (Å²) >= 11 is 0. The molecule has 4 aromatic heterocycles. The van der Waals surface area contributed by atoms with Crippen molar-refractivity contribution in [3.8, 4) is 12.0 Å². The van der Waals surface area contributed by atoms with Crippen LogP contribution in [0.1, 0.15) is 33.8 Å². The number of morpholine rings is 2. The van der Waals surface area contributed by atoms with Crippen molar-refractivity contribution >= 4 is 35.7 Å². The SMILES string of the molecule is Cc1cccc(/C=N/Nc2cc(N3CCOCC3)nc(OCc3ncccn3)n2)c1.Cc1ccccc1/C=N/Nc1cc(N2CCOCC2)nc(OCCc2ccccn2)n1. The molecule has 8 rings (SSSR count). The molecule has 2 aliphatic heterocycles. The average Bonchev–Trinajstić information content (AvgIpc) is 3.30. The molecule has 2 N–H and O–H groups in total. The summed E-state index contributed by atoms with van der Waals surface area (Å²) < 4.78 is 22.5. The van der Waals surface area contributed by atoms with E-state index in [-0.39, 0.29) is 12.6 Å². The quantitative estimate of drug-likeness (QED) is 0.0975. The second kappa shape index (κ2) is 22.3. The Balaban J connectivity index is 0.000000184. The van der Waals surface area contributed by atoms with Crippen LogP contribution in [0.2, 0.25) is 0 Å². The van der Waals surface area contributed by atoms with E-state index in [2.05, 4.69) is 84.8 Å². The molecule has 17 nitrogen and oxygen atoms in total. The molecule has 0 bridgehead atoms. The number of anilines is 4. The first-order valence-electron chi connectivity index (χ1n) is 20.1. The lowest BCUT2D eigenvalue weighted by molar-refractivity contribution is 0.122. The number of hydrazone groups is 2. The van der Waals surface area contributed by atoms with Gasteiger partial charge >= 0.3 is 12.0 Å². The van der Waals surface area contributed by atoms with E-state index in [1.807, 2.05) is 73.7 Å². The summed E-state index contributed by atoms with van der Waals surface area (Å²) in [4.78, 5) is 35.0. The third kappa shape index (κ3) is 13.5. The normalized spacial score (nSPS) is 14.1. The van der Waals surface area contributed by atoms with Crippen LogP contribution >= 0.6 is 0 Å². The lowest BCUT2D eigenvalue weighted by atomic mass is 10.1. The molecular formula is C44H49N13O4. The molecule has 314 valence electrons. The second-order valence-electron chi connectivity index (χ2n) is 13.9. The molecule has 2 fully saturated rings. The van der Waals surface area contributed by atoms with E-state index in [1.165, 1.54) is 5.56 Å². The summed E-state index contributed by atoms with van der Waals surface area (Å²) in [5.41, 5.74) is 11.3. The summed E-state index contributed by atoms with van der Waals surface area (Å²) in [7, 11) is 0. The Morgan fingerprint density at radius 2 is 1.26 bits per heavy atom. The van der Waals surface area contributed by atoms with Gasteiger partial charge in [-0.2, -0.15) is 30.1 Å². The first kappa shape index (κ1) is 42.0. The van der Waals surface area contributed by atoms with Crippen LogP contribution in [0.3, 0.4) is 0 Å². The van der Waals surface area contributed by atoms with Gasteiger partial charge in [-0.25, -0.2) is 9.97 Å². The zero-order chi connectivity index (χ0) is 41.9. The maximum atomic E-state index is 5.85. The fourth-order valence-corrected chi connectivity index (χ4v) is 6.13. The van der Waals surface area contributed by atoms with Gasteiger partial charge in [0.25, 0.3) is 0 Å². The van der Waals surface area contributed by atoms with Gasteiger partial charge in [-0.15, -0.1) is 0 Å².